The number of carbonyl (C=O) groups is 1. The molecule has 3 rings (SSSR count). The van der Waals surface area contributed by atoms with Crippen molar-refractivity contribution in [2.45, 2.75) is 46.4 Å². The summed E-state index contributed by atoms with van der Waals surface area (Å²) in [5.74, 6) is -0.321. The normalized spacial score (nSPS) is 12.9. The first-order valence-corrected chi connectivity index (χ1v) is 12.7. The van der Waals surface area contributed by atoms with Crippen LogP contribution < -0.4 is 5.73 Å². The summed E-state index contributed by atoms with van der Waals surface area (Å²) in [5.41, 5.74) is 8.70. The zero-order valence-corrected chi connectivity index (χ0v) is 19.6. The van der Waals surface area contributed by atoms with Gasteiger partial charge in [0.1, 0.15) is 11.6 Å². The molecule has 1 atom stereocenters. The van der Waals surface area contributed by atoms with Crippen LogP contribution in [0.3, 0.4) is 0 Å². The van der Waals surface area contributed by atoms with Gasteiger partial charge in [0.2, 0.25) is 9.04 Å². The molecular formula is C24H29FN3O2Si. The van der Waals surface area contributed by atoms with Crippen molar-refractivity contribution in [3.8, 4) is 5.69 Å². The molecule has 5 nitrogen and oxygen atoms in total. The van der Waals surface area contributed by atoms with Crippen molar-refractivity contribution >= 4 is 20.6 Å². The highest BCUT2D eigenvalue weighted by Crippen LogP contribution is 2.27. The lowest BCUT2D eigenvalue weighted by atomic mass is 9.85. The molecule has 0 saturated heterocycles. The van der Waals surface area contributed by atoms with E-state index in [9.17, 15) is 9.18 Å². The van der Waals surface area contributed by atoms with Gasteiger partial charge in [-0.1, -0.05) is 39.0 Å². The molecule has 0 amide bonds. The van der Waals surface area contributed by atoms with Gasteiger partial charge in [-0.05, 0) is 60.8 Å². The first-order valence-electron chi connectivity index (χ1n) is 10.3. The molecule has 1 heterocycles. The minimum Gasteiger partial charge on any atom is -0.413 e. The Morgan fingerprint density at radius 1 is 1.19 bits per heavy atom. The number of halogens is 1. The fourth-order valence-electron chi connectivity index (χ4n) is 3.34. The predicted octanol–water partition coefficient (Wildman–Crippen LogP) is 5.05. The SMILES string of the molecule is C[Si](C)OC(Cc1cccc(C(=O)c2cnn(-c3ccc(F)cc3)c2N)c1)C(C)(C)C. The third-order valence-electron chi connectivity index (χ3n) is 5.08. The fraction of sp³-hybridized carbons (Fsp3) is 0.333. The molecule has 0 aliphatic carbocycles. The van der Waals surface area contributed by atoms with E-state index in [0.717, 1.165) is 12.0 Å². The van der Waals surface area contributed by atoms with E-state index in [2.05, 4.69) is 39.0 Å². The molecule has 1 unspecified atom stereocenters. The molecule has 0 fully saturated rings. The van der Waals surface area contributed by atoms with E-state index in [1.807, 2.05) is 18.2 Å². The molecule has 0 saturated carbocycles. The zero-order valence-electron chi connectivity index (χ0n) is 18.6. The third kappa shape index (κ3) is 5.48. The smallest absolute Gasteiger partial charge is 0.205 e. The van der Waals surface area contributed by atoms with Crippen LogP contribution in [0.1, 0.15) is 42.3 Å². The van der Waals surface area contributed by atoms with Crippen molar-refractivity contribution in [1.82, 2.24) is 9.78 Å². The summed E-state index contributed by atoms with van der Waals surface area (Å²) in [6.07, 6.45) is 2.25. The van der Waals surface area contributed by atoms with Crippen LogP contribution >= 0.6 is 0 Å². The van der Waals surface area contributed by atoms with Crippen LogP contribution in [0.25, 0.3) is 5.69 Å². The Bertz CT molecular complexity index is 1060. The Labute approximate surface area is 184 Å². The van der Waals surface area contributed by atoms with Crippen molar-refractivity contribution in [3.05, 3.63) is 77.2 Å². The summed E-state index contributed by atoms with van der Waals surface area (Å²) in [5, 5.41) is 4.23. The summed E-state index contributed by atoms with van der Waals surface area (Å²) in [4.78, 5) is 13.2. The van der Waals surface area contributed by atoms with Gasteiger partial charge in [0.05, 0.1) is 23.6 Å². The molecule has 1 radical (unpaired) electrons. The van der Waals surface area contributed by atoms with Gasteiger partial charge in [-0.2, -0.15) is 5.10 Å². The summed E-state index contributed by atoms with van der Waals surface area (Å²) in [6.45, 7) is 10.8. The van der Waals surface area contributed by atoms with Gasteiger partial charge in [-0.25, -0.2) is 9.07 Å². The number of nitrogens with two attached hydrogens (primary N) is 1. The molecule has 1 aromatic heterocycles. The van der Waals surface area contributed by atoms with Gasteiger partial charge in [0, 0.05) is 5.56 Å². The Balaban J connectivity index is 1.86. The van der Waals surface area contributed by atoms with Crippen molar-refractivity contribution in [1.29, 1.82) is 0 Å². The van der Waals surface area contributed by atoms with Crippen molar-refractivity contribution < 1.29 is 13.6 Å². The molecule has 7 heteroatoms. The minimum absolute atomic E-state index is 0.0112. The molecule has 2 N–H and O–H groups in total. The number of ketones is 1. The number of hydrogen-bond donors (Lipinski definition) is 1. The second kappa shape index (κ2) is 9.16. The highest BCUT2D eigenvalue weighted by molar-refractivity contribution is 6.48. The van der Waals surface area contributed by atoms with E-state index < -0.39 is 9.04 Å². The van der Waals surface area contributed by atoms with E-state index in [4.69, 9.17) is 10.2 Å². The van der Waals surface area contributed by atoms with Crippen molar-refractivity contribution in [2.75, 3.05) is 5.73 Å². The average molecular weight is 439 g/mol. The number of rotatable bonds is 7. The molecule has 163 valence electrons. The maximum atomic E-state index is 13.2. The molecule has 0 aliphatic rings. The summed E-state index contributed by atoms with van der Waals surface area (Å²) in [6, 6.07) is 13.4. The second-order valence-electron chi connectivity index (χ2n) is 8.95. The molecule has 0 spiro atoms. The lowest BCUT2D eigenvalue weighted by Crippen LogP contribution is -2.35. The molecule has 3 aromatic rings. The Kier molecular flexibility index (Phi) is 6.76. The quantitative estimate of drug-likeness (QED) is 0.414. The lowest BCUT2D eigenvalue weighted by Gasteiger charge is -2.32. The Hall–Kier alpha value is -2.77. The van der Waals surface area contributed by atoms with Crippen molar-refractivity contribution in [3.63, 3.8) is 0 Å². The van der Waals surface area contributed by atoms with E-state index in [1.165, 1.54) is 23.0 Å². The fourth-order valence-corrected chi connectivity index (χ4v) is 4.35. The molecule has 31 heavy (non-hydrogen) atoms. The van der Waals surface area contributed by atoms with Gasteiger partial charge in [-0.15, -0.1) is 0 Å². The third-order valence-corrected chi connectivity index (χ3v) is 5.83. The lowest BCUT2D eigenvalue weighted by molar-refractivity contribution is 0.0867. The van der Waals surface area contributed by atoms with Crippen LogP contribution in [0.5, 0.6) is 0 Å². The number of nitrogens with zero attached hydrogens (tertiary/aromatic N) is 2. The largest absolute Gasteiger partial charge is 0.413 e. The maximum absolute atomic E-state index is 13.2. The van der Waals surface area contributed by atoms with E-state index in [0.29, 0.717) is 16.8 Å². The van der Waals surface area contributed by atoms with Crippen LogP contribution in [-0.4, -0.2) is 30.7 Å². The number of aromatic nitrogens is 2. The number of benzene rings is 2. The van der Waals surface area contributed by atoms with E-state index in [1.54, 1.807) is 18.2 Å². The van der Waals surface area contributed by atoms with Crippen LogP contribution in [0.15, 0.2) is 54.7 Å². The molecule has 0 aliphatic heterocycles. The van der Waals surface area contributed by atoms with Gasteiger partial charge in [-0.3, -0.25) is 4.79 Å². The summed E-state index contributed by atoms with van der Waals surface area (Å²) >= 11 is 0. The topological polar surface area (TPSA) is 70.1 Å². The van der Waals surface area contributed by atoms with Crippen LogP contribution in [-0.2, 0) is 10.8 Å². The number of hydrogen-bond acceptors (Lipinski definition) is 4. The standard InChI is InChI=1S/C24H29FN3O2Si/c1-24(2,3)21(30-31(4)5)14-16-7-6-8-17(13-16)22(29)20-15-27-28(23(20)26)19-11-9-18(25)10-12-19/h6-13,15,21H,14,26H2,1-5H3. The zero-order chi connectivity index (χ0) is 22.8. The number of carbonyl (C=O) groups excluding carboxylic acids is 1. The molecular weight excluding hydrogens is 409 g/mol. The Morgan fingerprint density at radius 2 is 1.87 bits per heavy atom. The van der Waals surface area contributed by atoms with Gasteiger partial charge >= 0.3 is 0 Å². The highest BCUT2D eigenvalue weighted by atomic mass is 28.3. The second-order valence-corrected chi connectivity index (χ2v) is 11.0. The molecule has 0 bridgehead atoms. The number of anilines is 1. The van der Waals surface area contributed by atoms with Gasteiger partial charge in [0.25, 0.3) is 0 Å². The van der Waals surface area contributed by atoms with Crippen molar-refractivity contribution in [2.24, 2.45) is 5.41 Å². The highest BCUT2D eigenvalue weighted by Gasteiger charge is 2.27. The van der Waals surface area contributed by atoms with Gasteiger partial charge in [0.15, 0.2) is 5.78 Å². The summed E-state index contributed by atoms with van der Waals surface area (Å²) in [7, 11) is -0.853. The first kappa shape index (κ1) is 22.9. The Morgan fingerprint density at radius 3 is 2.48 bits per heavy atom. The predicted molar refractivity (Wildman–Crippen MR) is 123 cm³/mol. The van der Waals surface area contributed by atoms with Crippen LogP contribution in [0.4, 0.5) is 10.2 Å². The summed E-state index contributed by atoms with van der Waals surface area (Å²) < 4.78 is 20.9. The molecule has 2 aromatic carbocycles. The maximum Gasteiger partial charge on any atom is 0.205 e. The van der Waals surface area contributed by atoms with Gasteiger partial charge < -0.3 is 10.2 Å². The van der Waals surface area contributed by atoms with Crippen LogP contribution in [0.2, 0.25) is 13.1 Å². The number of nitrogen functional groups attached to an aromatic ring is 1. The van der Waals surface area contributed by atoms with E-state index in [-0.39, 0.29) is 28.9 Å². The first-order chi connectivity index (χ1) is 14.6. The average Bonchev–Trinajstić information content (AvgIpc) is 3.08. The minimum atomic E-state index is -0.853. The monoisotopic (exact) mass is 438 g/mol. The van der Waals surface area contributed by atoms with E-state index >= 15 is 0 Å². The van der Waals surface area contributed by atoms with Crippen LogP contribution in [0, 0.1) is 11.2 Å².